The first-order valence-corrected chi connectivity index (χ1v) is 8.71. The van der Waals surface area contributed by atoms with E-state index < -0.39 is 0 Å². The largest absolute Gasteiger partial charge is 0.380 e. The Morgan fingerprint density at radius 2 is 1.35 bits per heavy atom. The van der Waals surface area contributed by atoms with Gasteiger partial charge in [0.1, 0.15) is 0 Å². The number of ether oxygens (including phenoxy) is 1. The SMILES string of the molecule is COC1CCCCC1N(Cc1ccccc1)Cc1ccccc1. The van der Waals surface area contributed by atoms with E-state index >= 15 is 0 Å². The molecule has 23 heavy (non-hydrogen) atoms. The zero-order valence-electron chi connectivity index (χ0n) is 14.0. The predicted octanol–water partition coefficient (Wildman–Crippen LogP) is 4.65. The highest BCUT2D eigenvalue weighted by molar-refractivity contribution is 5.17. The molecule has 2 unspecified atom stereocenters. The molecule has 0 bridgehead atoms. The summed E-state index contributed by atoms with van der Waals surface area (Å²) in [5.41, 5.74) is 2.76. The summed E-state index contributed by atoms with van der Waals surface area (Å²) in [5, 5.41) is 0. The highest BCUT2D eigenvalue weighted by atomic mass is 16.5. The van der Waals surface area contributed by atoms with Crippen LogP contribution in [0.2, 0.25) is 0 Å². The van der Waals surface area contributed by atoms with Crippen LogP contribution < -0.4 is 0 Å². The predicted molar refractivity (Wildman–Crippen MR) is 95.2 cm³/mol. The Kier molecular flexibility index (Phi) is 5.84. The highest BCUT2D eigenvalue weighted by Crippen LogP contribution is 2.28. The van der Waals surface area contributed by atoms with Crippen LogP contribution in [0.1, 0.15) is 36.8 Å². The minimum Gasteiger partial charge on any atom is -0.380 e. The van der Waals surface area contributed by atoms with Gasteiger partial charge in [0, 0.05) is 26.2 Å². The van der Waals surface area contributed by atoms with E-state index in [1.807, 2.05) is 7.11 Å². The molecule has 122 valence electrons. The quantitative estimate of drug-likeness (QED) is 0.770. The average Bonchev–Trinajstić information content (AvgIpc) is 2.63. The minimum absolute atomic E-state index is 0.358. The van der Waals surface area contributed by atoms with Crippen LogP contribution >= 0.6 is 0 Å². The maximum atomic E-state index is 5.82. The van der Waals surface area contributed by atoms with Crippen molar-refractivity contribution < 1.29 is 4.74 Å². The third-order valence-electron chi connectivity index (χ3n) is 4.90. The standard InChI is InChI=1S/C21H27NO/c1-23-21-15-9-8-14-20(21)22(16-18-10-4-2-5-11-18)17-19-12-6-3-7-13-19/h2-7,10-13,20-21H,8-9,14-17H2,1H3. The van der Waals surface area contributed by atoms with Crippen molar-refractivity contribution in [2.75, 3.05) is 7.11 Å². The van der Waals surface area contributed by atoms with Gasteiger partial charge < -0.3 is 4.74 Å². The fourth-order valence-electron chi connectivity index (χ4n) is 3.70. The van der Waals surface area contributed by atoms with Gasteiger partial charge >= 0.3 is 0 Å². The molecule has 0 saturated heterocycles. The normalized spacial score (nSPS) is 21.5. The van der Waals surface area contributed by atoms with Crippen molar-refractivity contribution in [1.29, 1.82) is 0 Å². The van der Waals surface area contributed by atoms with Crippen LogP contribution in [0.3, 0.4) is 0 Å². The van der Waals surface area contributed by atoms with Crippen molar-refractivity contribution >= 4 is 0 Å². The molecule has 3 rings (SSSR count). The van der Waals surface area contributed by atoms with Crippen molar-refractivity contribution in [1.82, 2.24) is 4.90 Å². The van der Waals surface area contributed by atoms with Crippen LogP contribution in [0, 0.1) is 0 Å². The fourth-order valence-corrected chi connectivity index (χ4v) is 3.70. The molecule has 2 aromatic carbocycles. The van der Waals surface area contributed by atoms with E-state index in [4.69, 9.17) is 4.74 Å². The molecule has 2 aromatic rings. The van der Waals surface area contributed by atoms with Crippen LogP contribution in [-0.2, 0) is 17.8 Å². The molecule has 1 aliphatic rings. The van der Waals surface area contributed by atoms with Gasteiger partial charge in [-0.3, -0.25) is 4.90 Å². The highest BCUT2D eigenvalue weighted by Gasteiger charge is 2.30. The molecule has 2 atom stereocenters. The van der Waals surface area contributed by atoms with Crippen molar-refractivity contribution in [3.8, 4) is 0 Å². The molecule has 1 saturated carbocycles. The van der Waals surface area contributed by atoms with Gasteiger partial charge in [-0.15, -0.1) is 0 Å². The Morgan fingerprint density at radius 3 is 1.87 bits per heavy atom. The molecule has 1 fully saturated rings. The smallest absolute Gasteiger partial charge is 0.0726 e. The summed E-state index contributed by atoms with van der Waals surface area (Å²) < 4.78 is 5.82. The average molecular weight is 309 g/mol. The van der Waals surface area contributed by atoms with Gasteiger partial charge in [0.2, 0.25) is 0 Å². The van der Waals surface area contributed by atoms with E-state index in [9.17, 15) is 0 Å². The van der Waals surface area contributed by atoms with E-state index in [1.54, 1.807) is 0 Å². The summed E-state index contributed by atoms with van der Waals surface area (Å²) in [5.74, 6) is 0. The van der Waals surface area contributed by atoms with Crippen molar-refractivity contribution in [3.63, 3.8) is 0 Å². The Morgan fingerprint density at radius 1 is 0.826 bits per heavy atom. The number of hydrogen-bond acceptors (Lipinski definition) is 2. The lowest BCUT2D eigenvalue weighted by Crippen LogP contribution is -2.45. The molecular weight excluding hydrogens is 282 g/mol. The monoisotopic (exact) mass is 309 g/mol. The second-order valence-electron chi connectivity index (χ2n) is 6.50. The van der Waals surface area contributed by atoms with Gasteiger partial charge in [0.25, 0.3) is 0 Å². The molecule has 0 aliphatic heterocycles. The molecule has 0 N–H and O–H groups in total. The van der Waals surface area contributed by atoms with Gasteiger partial charge in [0.15, 0.2) is 0 Å². The van der Waals surface area contributed by atoms with E-state index in [-0.39, 0.29) is 0 Å². The van der Waals surface area contributed by atoms with E-state index in [2.05, 4.69) is 65.6 Å². The first kappa shape index (κ1) is 16.2. The van der Waals surface area contributed by atoms with Gasteiger partial charge in [-0.05, 0) is 24.0 Å². The third-order valence-corrected chi connectivity index (χ3v) is 4.90. The maximum absolute atomic E-state index is 5.82. The zero-order valence-corrected chi connectivity index (χ0v) is 14.0. The van der Waals surface area contributed by atoms with Crippen molar-refractivity contribution in [2.45, 2.75) is 50.9 Å². The van der Waals surface area contributed by atoms with Gasteiger partial charge in [-0.25, -0.2) is 0 Å². The van der Waals surface area contributed by atoms with E-state index in [1.165, 1.54) is 36.8 Å². The maximum Gasteiger partial charge on any atom is 0.0726 e. The Bertz CT molecular complexity index is 527. The molecule has 2 heteroatoms. The molecule has 0 amide bonds. The fraction of sp³-hybridized carbons (Fsp3) is 0.429. The first-order valence-electron chi connectivity index (χ1n) is 8.71. The van der Waals surface area contributed by atoms with Crippen LogP contribution in [0.4, 0.5) is 0 Å². The lowest BCUT2D eigenvalue weighted by molar-refractivity contribution is -0.0176. The summed E-state index contributed by atoms with van der Waals surface area (Å²) in [6, 6.07) is 22.1. The summed E-state index contributed by atoms with van der Waals surface area (Å²) in [6.45, 7) is 1.97. The lowest BCUT2D eigenvalue weighted by Gasteiger charge is -2.39. The molecule has 1 aliphatic carbocycles. The summed E-state index contributed by atoms with van der Waals surface area (Å²) in [7, 11) is 1.87. The van der Waals surface area contributed by atoms with Crippen LogP contribution in [0.25, 0.3) is 0 Å². The van der Waals surface area contributed by atoms with E-state index in [0.717, 1.165) is 13.1 Å². The number of methoxy groups -OCH3 is 1. The summed E-state index contributed by atoms with van der Waals surface area (Å²) >= 11 is 0. The lowest BCUT2D eigenvalue weighted by atomic mass is 9.90. The number of rotatable bonds is 6. The Hall–Kier alpha value is -1.64. The minimum atomic E-state index is 0.358. The van der Waals surface area contributed by atoms with E-state index in [0.29, 0.717) is 12.1 Å². The second kappa shape index (κ2) is 8.28. The Labute approximate surface area is 140 Å². The van der Waals surface area contributed by atoms with Gasteiger partial charge in [-0.2, -0.15) is 0 Å². The molecular formula is C21H27NO. The first-order chi connectivity index (χ1) is 11.4. The van der Waals surface area contributed by atoms with Crippen molar-refractivity contribution in [3.05, 3.63) is 71.8 Å². The van der Waals surface area contributed by atoms with Crippen LogP contribution in [0.5, 0.6) is 0 Å². The zero-order chi connectivity index (χ0) is 15.9. The summed E-state index contributed by atoms with van der Waals surface area (Å²) in [4.78, 5) is 2.61. The topological polar surface area (TPSA) is 12.5 Å². The van der Waals surface area contributed by atoms with Gasteiger partial charge in [-0.1, -0.05) is 73.5 Å². The summed E-state index contributed by atoms with van der Waals surface area (Å²) in [6.07, 6.45) is 5.37. The molecule has 0 spiro atoms. The third kappa shape index (κ3) is 4.43. The molecule has 0 aromatic heterocycles. The Balaban J connectivity index is 1.80. The van der Waals surface area contributed by atoms with Crippen LogP contribution in [0.15, 0.2) is 60.7 Å². The number of nitrogens with zero attached hydrogens (tertiary/aromatic N) is 1. The second-order valence-corrected chi connectivity index (χ2v) is 6.50. The van der Waals surface area contributed by atoms with Gasteiger partial charge in [0.05, 0.1) is 6.10 Å². The molecule has 0 heterocycles. The number of benzene rings is 2. The van der Waals surface area contributed by atoms with Crippen molar-refractivity contribution in [2.24, 2.45) is 0 Å². The molecule has 2 nitrogen and oxygen atoms in total. The number of hydrogen-bond donors (Lipinski definition) is 0. The molecule has 0 radical (unpaired) electrons. The van der Waals surface area contributed by atoms with Crippen LogP contribution in [-0.4, -0.2) is 24.2 Å².